The van der Waals surface area contributed by atoms with E-state index in [9.17, 15) is 13.2 Å². The summed E-state index contributed by atoms with van der Waals surface area (Å²) in [5, 5.41) is 12.0. The number of alkyl halides is 3. The van der Waals surface area contributed by atoms with E-state index in [0.717, 1.165) is 0 Å². The highest BCUT2D eigenvalue weighted by Gasteiger charge is 2.27. The van der Waals surface area contributed by atoms with Crippen molar-refractivity contribution in [1.82, 2.24) is 20.6 Å². The van der Waals surface area contributed by atoms with Gasteiger partial charge in [0.2, 0.25) is 0 Å². The van der Waals surface area contributed by atoms with Gasteiger partial charge < -0.3 is 4.74 Å². The van der Waals surface area contributed by atoms with E-state index in [-0.39, 0.29) is 12.4 Å². The highest BCUT2D eigenvalue weighted by molar-refractivity contribution is 4.70. The molecule has 0 aliphatic rings. The minimum Gasteiger partial charge on any atom is -0.364 e. The number of aromatic nitrogens is 4. The molecule has 0 aliphatic carbocycles. The van der Waals surface area contributed by atoms with Crippen molar-refractivity contribution in [3.05, 3.63) is 5.82 Å². The van der Waals surface area contributed by atoms with Crippen molar-refractivity contribution in [2.45, 2.75) is 12.8 Å². The van der Waals surface area contributed by atoms with Gasteiger partial charge in [0.15, 0.2) is 5.82 Å². The molecule has 5 nitrogen and oxygen atoms in total. The number of hydrogen-bond acceptors (Lipinski definition) is 4. The fraction of sp³-hybridized carbons (Fsp3) is 0.750. The van der Waals surface area contributed by atoms with Crippen LogP contribution in [0.2, 0.25) is 0 Å². The lowest BCUT2D eigenvalue weighted by atomic mass is 10.6. The minimum absolute atomic E-state index is 0.0965. The normalized spacial score (nSPS) is 11.9. The smallest absolute Gasteiger partial charge is 0.364 e. The van der Waals surface area contributed by atoms with Crippen LogP contribution in [-0.2, 0) is 11.3 Å². The fourth-order valence-electron chi connectivity index (χ4n) is 0.502. The highest BCUT2D eigenvalue weighted by atomic mass is 19.4. The third kappa shape index (κ3) is 3.28. The van der Waals surface area contributed by atoms with Gasteiger partial charge in [-0.25, -0.2) is 0 Å². The molecule has 0 radical (unpaired) electrons. The molecule has 0 bridgehead atoms. The molecule has 1 heterocycles. The Labute approximate surface area is 64.9 Å². The summed E-state index contributed by atoms with van der Waals surface area (Å²) in [4.78, 5) is 0. The zero-order valence-electron chi connectivity index (χ0n) is 5.80. The van der Waals surface area contributed by atoms with E-state index in [1.165, 1.54) is 0 Å². The molecule has 12 heavy (non-hydrogen) atoms. The van der Waals surface area contributed by atoms with Crippen molar-refractivity contribution in [2.75, 3.05) is 6.61 Å². The molecule has 8 heteroatoms. The van der Waals surface area contributed by atoms with Gasteiger partial charge in [-0.2, -0.15) is 18.4 Å². The zero-order chi connectivity index (χ0) is 9.03. The van der Waals surface area contributed by atoms with Crippen molar-refractivity contribution in [1.29, 1.82) is 0 Å². The van der Waals surface area contributed by atoms with Crippen LogP contribution in [0.3, 0.4) is 0 Å². The molecular weight excluding hydrogens is 177 g/mol. The molecule has 0 spiro atoms. The third-order valence-corrected chi connectivity index (χ3v) is 0.886. The molecule has 1 rings (SSSR count). The van der Waals surface area contributed by atoms with E-state index in [2.05, 4.69) is 25.4 Å². The Balaban J connectivity index is 2.20. The molecule has 0 aromatic carbocycles. The van der Waals surface area contributed by atoms with Crippen molar-refractivity contribution in [3.63, 3.8) is 0 Å². The first-order valence-electron chi connectivity index (χ1n) is 2.95. The van der Waals surface area contributed by atoms with E-state index in [4.69, 9.17) is 0 Å². The van der Waals surface area contributed by atoms with Crippen LogP contribution in [-0.4, -0.2) is 33.4 Å². The van der Waals surface area contributed by atoms with E-state index in [0.29, 0.717) is 0 Å². The summed E-state index contributed by atoms with van der Waals surface area (Å²) in [6.07, 6.45) is -4.32. The van der Waals surface area contributed by atoms with E-state index in [1.54, 1.807) is 0 Å². The molecule has 68 valence electrons. The number of hydrogen-bond donors (Lipinski definition) is 1. The maximum atomic E-state index is 11.5. The highest BCUT2D eigenvalue weighted by Crippen LogP contribution is 2.14. The Bertz CT molecular complexity index is 221. The van der Waals surface area contributed by atoms with E-state index >= 15 is 0 Å². The Morgan fingerprint density at radius 2 is 2.17 bits per heavy atom. The number of ether oxygens (including phenoxy) is 1. The van der Waals surface area contributed by atoms with Crippen LogP contribution in [0.5, 0.6) is 0 Å². The number of halogens is 3. The summed E-state index contributed by atoms with van der Waals surface area (Å²) < 4.78 is 38.7. The number of aromatic amines is 1. The Morgan fingerprint density at radius 1 is 1.42 bits per heavy atom. The number of nitrogens with one attached hydrogen (secondary N) is 1. The van der Waals surface area contributed by atoms with Gasteiger partial charge in [-0.1, -0.05) is 5.21 Å². The Kier molecular flexibility index (Phi) is 2.58. The average Bonchev–Trinajstić information content (AvgIpc) is 2.36. The summed E-state index contributed by atoms with van der Waals surface area (Å²) in [6.45, 7) is -1.60. The van der Waals surface area contributed by atoms with Gasteiger partial charge in [0.25, 0.3) is 0 Å². The van der Waals surface area contributed by atoms with Gasteiger partial charge in [0.05, 0.1) is 0 Å². The Hall–Kier alpha value is -1.18. The first kappa shape index (κ1) is 8.91. The minimum atomic E-state index is -4.32. The van der Waals surface area contributed by atoms with Gasteiger partial charge in [0, 0.05) is 0 Å². The van der Waals surface area contributed by atoms with Gasteiger partial charge in [-0.3, -0.25) is 0 Å². The predicted octanol–water partition coefficient (Wildman–Crippen LogP) is 0.279. The SMILES string of the molecule is FC(F)(F)COCc1nn[nH]n1. The second-order valence-corrected chi connectivity index (χ2v) is 1.94. The molecule has 0 fully saturated rings. The van der Waals surface area contributed by atoms with Crippen LogP contribution in [0.4, 0.5) is 13.2 Å². The van der Waals surface area contributed by atoms with Crippen LogP contribution in [0.1, 0.15) is 5.82 Å². The summed E-state index contributed by atoms with van der Waals surface area (Å²) >= 11 is 0. The van der Waals surface area contributed by atoms with Gasteiger partial charge >= 0.3 is 6.18 Å². The number of H-pyrrole nitrogens is 1. The van der Waals surface area contributed by atoms with Crippen LogP contribution < -0.4 is 0 Å². The average molecular weight is 182 g/mol. The van der Waals surface area contributed by atoms with Gasteiger partial charge in [-0.15, -0.1) is 10.2 Å². The molecule has 0 saturated carbocycles. The molecular formula is C4H5F3N4O. The molecule has 1 aromatic heterocycles. The Morgan fingerprint density at radius 3 is 2.67 bits per heavy atom. The summed E-state index contributed by atoms with van der Waals surface area (Å²) in [7, 11) is 0. The summed E-state index contributed by atoms with van der Waals surface area (Å²) in [6, 6.07) is 0. The monoisotopic (exact) mass is 182 g/mol. The zero-order valence-corrected chi connectivity index (χ0v) is 5.80. The summed E-state index contributed by atoms with van der Waals surface area (Å²) in [5.41, 5.74) is 0. The van der Waals surface area contributed by atoms with Crippen LogP contribution in [0.25, 0.3) is 0 Å². The van der Waals surface area contributed by atoms with Crippen molar-refractivity contribution in [2.24, 2.45) is 0 Å². The molecule has 0 aliphatic heterocycles. The van der Waals surface area contributed by atoms with Crippen LogP contribution in [0, 0.1) is 0 Å². The molecule has 0 saturated heterocycles. The molecule has 1 aromatic rings. The topological polar surface area (TPSA) is 63.7 Å². The van der Waals surface area contributed by atoms with Crippen molar-refractivity contribution >= 4 is 0 Å². The van der Waals surface area contributed by atoms with Crippen molar-refractivity contribution < 1.29 is 17.9 Å². The van der Waals surface area contributed by atoms with E-state index < -0.39 is 12.8 Å². The number of rotatable bonds is 3. The second-order valence-electron chi connectivity index (χ2n) is 1.94. The maximum Gasteiger partial charge on any atom is 0.411 e. The standard InChI is InChI=1S/C4H5F3N4O/c5-4(6,7)2-12-1-3-8-10-11-9-3/h1-2H2,(H,8,9,10,11). The maximum absolute atomic E-state index is 11.5. The molecule has 1 N–H and O–H groups in total. The molecule has 0 amide bonds. The van der Waals surface area contributed by atoms with E-state index in [1.807, 2.05) is 0 Å². The number of tetrazole rings is 1. The van der Waals surface area contributed by atoms with Gasteiger partial charge in [0.1, 0.15) is 13.2 Å². The second kappa shape index (κ2) is 3.48. The first-order chi connectivity index (χ1) is 5.58. The first-order valence-corrected chi connectivity index (χ1v) is 2.95. The lowest BCUT2D eigenvalue weighted by molar-refractivity contribution is -0.177. The lowest BCUT2D eigenvalue weighted by Gasteiger charge is -2.04. The molecule has 0 unspecified atom stereocenters. The third-order valence-electron chi connectivity index (χ3n) is 0.886. The van der Waals surface area contributed by atoms with Crippen LogP contribution in [0.15, 0.2) is 0 Å². The van der Waals surface area contributed by atoms with Gasteiger partial charge in [-0.05, 0) is 0 Å². The summed E-state index contributed by atoms with van der Waals surface area (Å²) in [5.74, 6) is 0.0965. The van der Waals surface area contributed by atoms with Crippen LogP contribution >= 0.6 is 0 Å². The predicted molar refractivity (Wildman–Crippen MR) is 29.9 cm³/mol. The fourth-order valence-corrected chi connectivity index (χ4v) is 0.502. The molecule has 0 atom stereocenters. The largest absolute Gasteiger partial charge is 0.411 e. The number of nitrogens with zero attached hydrogens (tertiary/aromatic N) is 3. The lowest BCUT2D eigenvalue weighted by Crippen LogP contribution is -2.16. The van der Waals surface area contributed by atoms with Crippen molar-refractivity contribution in [3.8, 4) is 0 Å². The quantitative estimate of drug-likeness (QED) is 0.729.